The van der Waals surface area contributed by atoms with Crippen LogP contribution in [-0.4, -0.2) is 27.7 Å². The zero-order chi connectivity index (χ0) is 9.26. The first-order valence-electron chi connectivity index (χ1n) is 4.03. The third-order valence-corrected chi connectivity index (χ3v) is 2.24. The van der Waals surface area contributed by atoms with E-state index < -0.39 is 0 Å². The van der Waals surface area contributed by atoms with Crippen LogP contribution in [0.5, 0.6) is 0 Å². The Morgan fingerprint density at radius 2 is 2.15 bits per heavy atom. The summed E-state index contributed by atoms with van der Waals surface area (Å²) < 4.78 is 0. The van der Waals surface area contributed by atoms with Crippen LogP contribution in [0.25, 0.3) is 0 Å². The van der Waals surface area contributed by atoms with Gasteiger partial charge in [-0.3, -0.25) is 9.69 Å². The molecule has 4 nitrogen and oxygen atoms in total. The lowest BCUT2D eigenvalue weighted by Gasteiger charge is -2.12. The summed E-state index contributed by atoms with van der Waals surface area (Å²) in [4.78, 5) is 21.0. The van der Waals surface area contributed by atoms with Gasteiger partial charge in [-0.15, -0.1) is 0 Å². The number of amides is 1. The van der Waals surface area contributed by atoms with Crippen molar-refractivity contribution in [1.29, 1.82) is 0 Å². The molecule has 1 amide bonds. The molecule has 2 heterocycles. The second kappa shape index (κ2) is 3.33. The fourth-order valence-corrected chi connectivity index (χ4v) is 1.63. The first-order valence-corrected chi connectivity index (χ1v) is 4.54. The number of anilines is 1. The van der Waals surface area contributed by atoms with Crippen molar-refractivity contribution in [2.45, 2.75) is 11.7 Å². The summed E-state index contributed by atoms with van der Waals surface area (Å²) in [6.07, 6.45) is 3.73. The van der Waals surface area contributed by atoms with Gasteiger partial charge >= 0.3 is 0 Å². The number of hydrogen-bond acceptors (Lipinski definition) is 4. The molecule has 0 bridgehead atoms. The van der Waals surface area contributed by atoms with Crippen LogP contribution in [0.2, 0.25) is 0 Å². The van der Waals surface area contributed by atoms with Crippen LogP contribution in [-0.2, 0) is 4.79 Å². The highest BCUT2D eigenvalue weighted by atomic mass is 32.1. The topological polar surface area (TPSA) is 46.1 Å². The van der Waals surface area contributed by atoms with E-state index in [4.69, 9.17) is 0 Å². The molecule has 68 valence electrons. The van der Waals surface area contributed by atoms with Gasteiger partial charge in [-0.2, -0.15) is 12.6 Å². The summed E-state index contributed by atoms with van der Waals surface area (Å²) in [7, 11) is 0. The van der Waals surface area contributed by atoms with Crippen LogP contribution >= 0.6 is 12.6 Å². The molecule has 0 radical (unpaired) electrons. The van der Waals surface area contributed by atoms with Crippen LogP contribution in [0, 0.1) is 0 Å². The molecule has 0 aromatic carbocycles. The van der Waals surface area contributed by atoms with Crippen LogP contribution in [0.1, 0.15) is 6.42 Å². The number of carbonyl (C=O) groups is 1. The predicted octanol–water partition coefficient (Wildman–Crippen LogP) is 0.512. The summed E-state index contributed by atoms with van der Waals surface area (Å²) in [6.45, 7) is 0.603. The van der Waals surface area contributed by atoms with Crippen LogP contribution in [0.15, 0.2) is 18.5 Å². The van der Waals surface area contributed by atoms with Crippen LogP contribution in [0.4, 0.5) is 5.95 Å². The van der Waals surface area contributed by atoms with Gasteiger partial charge < -0.3 is 0 Å². The lowest BCUT2D eigenvalue weighted by Crippen LogP contribution is -2.26. The van der Waals surface area contributed by atoms with Gasteiger partial charge in [0.25, 0.3) is 0 Å². The van der Waals surface area contributed by atoms with Gasteiger partial charge in [0, 0.05) is 30.6 Å². The molecular formula is C8H9N3OS. The molecule has 1 unspecified atom stereocenters. The maximum atomic E-state index is 11.4. The van der Waals surface area contributed by atoms with Crippen molar-refractivity contribution in [2.24, 2.45) is 0 Å². The fraction of sp³-hybridized carbons (Fsp3) is 0.375. The van der Waals surface area contributed by atoms with Crippen LogP contribution < -0.4 is 4.90 Å². The minimum Gasteiger partial charge on any atom is -0.280 e. The van der Waals surface area contributed by atoms with Crippen molar-refractivity contribution in [2.75, 3.05) is 11.4 Å². The molecule has 0 spiro atoms. The Bertz CT molecular complexity index is 316. The molecule has 1 fully saturated rings. The molecule has 5 heteroatoms. The number of rotatable bonds is 1. The van der Waals surface area contributed by atoms with Gasteiger partial charge in [-0.05, 0) is 6.07 Å². The highest BCUT2D eigenvalue weighted by Gasteiger charge is 2.29. The molecule has 1 aliphatic heterocycles. The zero-order valence-corrected chi connectivity index (χ0v) is 7.82. The Morgan fingerprint density at radius 1 is 1.46 bits per heavy atom. The van der Waals surface area contributed by atoms with Gasteiger partial charge in [-0.1, -0.05) is 0 Å². The Kier molecular flexibility index (Phi) is 2.18. The van der Waals surface area contributed by atoms with E-state index in [2.05, 4.69) is 22.6 Å². The molecule has 0 aliphatic carbocycles. The van der Waals surface area contributed by atoms with Crippen molar-refractivity contribution >= 4 is 24.5 Å². The molecule has 13 heavy (non-hydrogen) atoms. The van der Waals surface area contributed by atoms with E-state index in [1.54, 1.807) is 23.4 Å². The molecule has 0 N–H and O–H groups in total. The van der Waals surface area contributed by atoms with Gasteiger partial charge in [0.2, 0.25) is 11.9 Å². The summed E-state index contributed by atoms with van der Waals surface area (Å²) in [5.41, 5.74) is 0. The third-order valence-electron chi connectivity index (χ3n) is 1.90. The van der Waals surface area contributed by atoms with Gasteiger partial charge in [0.15, 0.2) is 0 Å². The Balaban J connectivity index is 2.23. The summed E-state index contributed by atoms with van der Waals surface area (Å²) >= 11 is 4.24. The quantitative estimate of drug-likeness (QED) is 0.664. The number of nitrogens with zero attached hydrogens (tertiary/aromatic N) is 3. The summed E-state index contributed by atoms with van der Waals surface area (Å²) in [5, 5.41) is 0.108. The molecule has 1 aromatic rings. The van der Waals surface area contributed by atoms with Crippen molar-refractivity contribution in [3.63, 3.8) is 0 Å². The van der Waals surface area contributed by atoms with E-state index in [0.29, 0.717) is 18.9 Å². The Hall–Kier alpha value is -1.10. The van der Waals surface area contributed by atoms with Crippen LogP contribution in [0.3, 0.4) is 0 Å². The van der Waals surface area contributed by atoms with Crippen molar-refractivity contribution < 1.29 is 4.79 Å². The van der Waals surface area contributed by atoms with E-state index in [9.17, 15) is 4.79 Å². The molecule has 1 aromatic heterocycles. The number of carbonyl (C=O) groups excluding carboxylic acids is 1. The lowest BCUT2D eigenvalue weighted by molar-refractivity contribution is -0.117. The minimum absolute atomic E-state index is 0.0474. The van der Waals surface area contributed by atoms with E-state index in [0.717, 1.165) is 0 Å². The average Bonchev–Trinajstić information content (AvgIpc) is 2.47. The average molecular weight is 195 g/mol. The first-order chi connectivity index (χ1) is 6.27. The normalized spacial score (nSPS) is 22.4. The van der Waals surface area contributed by atoms with Gasteiger partial charge in [-0.25, -0.2) is 9.97 Å². The molecule has 1 aliphatic rings. The maximum Gasteiger partial charge on any atom is 0.232 e. The third kappa shape index (κ3) is 1.65. The predicted molar refractivity (Wildman–Crippen MR) is 51.8 cm³/mol. The van der Waals surface area contributed by atoms with E-state index in [-0.39, 0.29) is 11.2 Å². The van der Waals surface area contributed by atoms with E-state index in [1.807, 2.05) is 0 Å². The smallest absolute Gasteiger partial charge is 0.232 e. The fourth-order valence-electron chi connectivity index (χ4n) is 1.31. The first kappa shape index (κ1) is 8.50. The molecule has 1 atom stereocenters. The standard InChI is InChI=1S/C8H9N3OS/c12-7-4-6(13)5-11(7)8-9-2-1-3-10-8/h1-3,6,13H,4-5H2. The molecular weight excluding hydrogens is 186 g/mol. The number of aromatic nitrogens is 2. The SMILES string of the molecule is O=C1CC(S)CN1c1ncccn1. The highest BCUT2D eigenvalue weighted by molar-refractivity contribution is 7.81. The van der Waals surface area contributed by atoms with Crippen molar-refractivity contribution in [3.8, 4) is 0 Å². The maximum absolute atomic E-state index is 11.4. The molecule has 2 rings (SSSR count). The highest BCUT2D eigenvalue weighted by Crippen LogP contribution is 2.19. The second-order valence-corrected chi connectivity index (χ2v) is 3.64. The largest absolute Gasteiger partial charge is 0.280 e. The van der Waals surface area contributed by atoms with E-state index in [1.165, 1.54) is 0 Å². The second-order valence-electron chi connectivity index (χ2n) is 2.91. The summed E-state index contributed by atoms with van der Waals surface area (Å²) in [6, 6.07) is 1.72. The van der Waals surface area contributed by atoms with Crippen molar-refractivity contribution in [1.82, 2.24) is 9.97 Å². The van der Waals surface area contributed by atoms with E-state index >= 15 is 0 Å². The lowest BCUT2D eigenvalue weighted by atomic mass is 10.4. The number of hydrogen-bond donors (Lipinski definition) is 1. The zero-order valence-electron chi connectivity index (χ0n) is 6.92. The molecule has 0 saturated carbocycles. The monoisotopic (exact) mass is 195 g/mol. The Morgan fingerprint density at radius 3 is 2.69 bits per heavy atom. The Labute approximate surface area is 81.4 Å². The van der Waals surface area contributed by atoms with Gasteiger partial charge in [0.1, 0.15) is 0 Å². The van der Waals surface area contributed by atoms with Crippen molar-refractivity contribution in [3.05, 3.63) is 18.5 Å². The summed E-state index contributed by atoms with van der Waals surface area (Å²) in [5.74, 6) is 0.523. The van der Waals surface area contributed by atoms with Gasteiger partial charge in [0.05, 0.1) is 0 Å². The molecule has 1 saturated heterocycles. The number of thiol groups is 1. The minimum atomic E-state index is 0.0474.